The number of hydrogen-bond acceptors (Lipinski definition) is 2. The van der Waals surface area contributed by atoms with Crippen LogP contribution >= 0.6 is 15.9 Å². The Hall–Kier alpha value is -2.21. The largest absolute Gasteiger partial charge is 0.332 e. The first kappa shape index (κ1) is 14.7. The maximum Gasteiger partial charge on any atom is 0.332 e. The highest BCUT2D eigenvalue weighted by Crippen LogP contribution is 2.23. The van der Waals surface area contributed by atoms with Gasteiger partial charge < -0.3 is 4.90 Å². The van der Waals surface area contributed by atoms with E-state index in [1.165, 1.54) is 29.2 Å². The van der Waals surface area contributed by atoms with Crippen LogP contribution in [0.4, 0.5) is 14.9 Å². The summed E-state index contributed by atoms with van der Waals surface area (Å²) in [4.78, 5) is 27.0. The van der Waals surface area contributed by atoms with Crippen molar-refractivity contribution in [2.24, 2.45) is 0 Å². The molecule has 0 aromatic heterocycles. The van der Waals surface area contributed by atoms with E-state index in [4.69, 9.17) is 0 Å². The number of nitrogens with zero attached hydrogens (tertiary/aromatic N) is 2. The number of carbonyl (C=O) groups is 2. The Bertz CT molecular complexity index is 716. The summed E-state index contributed by atoms with van der Waals surface area (Å²) in [6.07, 6.45) is 0. The molecule has 3 rings (SSSR count). The Morgan fingerprint density at radius 3 is 2.27 bits per heavy atom. The van der Waals surface area contributed by atoms with Crippen LogP contribution in [0.1, 0.15) is 5.56 Å². The summed E-state index contributed by atoms with van der Waals surface area (Å²) < 4.78 is 13.9. The molecule has 0 spiro atoms. The van der Waals surface area contributed by atoms with Gasteiger partial charge in [0, 0.05) is 11.0 Å². The molecule has 0 atom stereocenters. The quantitative estimate of drug-likeness (QED) is 0.783. The van der Waals surface area contributed by atoms with Crippen LogP contribution in [0.2, 0.25) is 0 Å². The molecule has 0 aliphatic carbocycles. The summed E-state index contributed by atoms with van der Waals surface area (Å²) in [6, 6.07) is 12.5. The minimum absolute atomic E-state index is 0.0201. The molecule has 1 saturated heterocycles. The number of benzene rings is 2. The van der Waals surface area contributed by atoms with E-state index >= 15 is 0 Å². The van der Waals surface area contributed by atoms with E-state index in [0.29, 0.717) is 12.2 Å². The fourth-order valence-electron chi connectivity index (χ4n) is 2.33. The lowest BCUT2D eigenvalue weighted by Crippen LogP contribution is -2.32. The van der Waals surface area contributed by atoms with Crippen molar-refractivity contribution in [1.82, 2.24) is 4.90 Å². The number of carbonyl (C=O) groups excluding carboxylic acids is 2. The predicted octanol–water partition coefficient (Wildman–Crippen LogP) is 3.56. The molecule has 2 aromatic carbocycles. The third kappa shape index (κ3) is 2.87. The van der Waals surface area contributed by atoms with Crippen LogP contribution in [-0.2, 0) is 11.3 Å². The second-order valence-corrected chi connectivity index (χ2v) is 5.89. The van der Waals surface area contributed by atoms with Crippen LogP contribution in [0.15, 0.2) is 53.0 Å². The number of rotatable bonds is 3. The van der Waals surface area contributed by atoms with Gasteiger partial charge in [-0.1, -0.05) is 28.1 Å². The molecule has 1 aliphatic heterocycles. The molecular weight excluding hydrogens is 351 g/mol. The Morgan fingerprint density at radius 2 is 1.64 bits per heavy atom. The molecule has 1 heterocycles. The average molecular weight is 363 g/mol. The summed E-state index contributed by atoms with van der Waals surface area (Å²) in [5.41, 5.74) is 1.32. The minimum Gasteiger partial charge on any atom is -0.310 e. The van der Waals surface area contributed by atoms with Gasteiger partial charge in [0.2, 0.25) is 0 Å². The van der Waals surface area contributed by atoms with Crippen molar-refractivity contribution in [2.75, 3.05) is 11.4 Å². The van der Waals surface area contributed by atoms with Crippen molar-refractivity contribution < 1.29 is 14.0 Å². The molecule has 0 unspecified atom stereocenters. The third-order valence-corrected chi connectivity index (χ3v) is 3.94. The van der Waals surface area contributed by atoms with E-state index < -0.39 is 5.82 Å². The fourth-order valence-corrected chi connectivity index (χ4v) is 2.59. The molecule has 1 fully saturated rings. The topological polar surface area (TPSA) is 40.6 Å². The molecular formula is C16H12BrFN2O2. The summed E-state index contributed by atoms with van der Waals surface area (Å²) in [6.45, 7) is 0.377. The highest BCUT2D eigenvalue weighted by molar-refractivity contribution is 9.10. The predicted molar refractivity (Wildman–Crippen MR) is 83.8 cm³/mol. The van der Waals surface area contributed by atoms with Gasteiger partial charge in [-0.2, -0.15) is 0 Å². The molecule has 4 nitrogen and oxygen atoms in total. The Kier molecular flexibility index (Phi) is 3.94. The van der Waals surface area contributed by atoms with E-state index in [1.54, 1.807) is 0 Å². The second-order valence-electron chi connectivity index (χ2n) is 4.97. The van der Waals surface area contributed by atoms with Gasteiger partial charge in [0.25, 0.3) is 5.91 Å². The maximum atomic E-state index is 13.0. The normalized spacial score (nSPS) is 14.8. The lowest BCUT2D eigenvalue weighted by atomic mass is 10.2. The Labute approximate surface area is 135 Å². The smallest absolute Gasteiger partial charge is 0.310 e. The monoisotopic (exact) mass is 362 g/mol. The number of amides is 3. The van der Waals surface area contributed by atoms with Crippen LogP contribution in [0.3, 0.4) is 0 Å². The van der Waals surface area contributed by atoms with Gasteiger partial charge in [-0.25, -0.2) is 14.1 Å². The number of anilines is 1. The van der Waals surface area contributed by atoms with Gasteiger partial charge in [0.15, 0.2) is 0 Å². The van der Waals surface area contributed by atoms with E-state index in [9.17, 15) is 14.0 Å². The molecule has 6 heteroatoms. The van der Waals surface area contributed by atoms with Crippen LogP contribution in [0.25, 0.3) is 0 Å². The van der Waals surface area contributed by atoms with Crippen molar-refractivity contribution in [1.29, 1.82) is 0 Å². The van der Waals surface area contributed by atoms with Crippen molar-refractivity contribution in [2.45, 2.75) is 6.54 Å². The summed E-state index contributed by atoms with van der Waals surface area (Å²) in [5, 5.41) is 0. The first-order chi connectivity index (χ1) is 10.5. The molecule has 2 aromatic rings. The zero-order valence-corrected chi connectivity index (χ0v) is 13.1. The molecule has 3 amide bonds. The number of hydrogen-bond donors (Lipinski definition) is 0. The number of halogens is 2. The first-order valence-electron chi connectivity index (χ1n) is 6.66. The fraction of sp³-hybridized carbons (Fsp3) is 0.125. The van der Waals surface area contributed by atoms with Gasteiger partial charge in [0.05, 0.1) is 5.69 Å². The first-order valence-corrected chi connectivity index (χ1v) is 7.46. The average Bonchev–Trinajstić information content (AvgIpc) is 2.77. The van der Waals surface area contributed by atoms with Crippen molar-refractivity contribution >= 4 is 33.6 Å². The Balaban J connectivity index is 1.79. The van der Waals surface area contributed by atoms with E-state index in [1.807, 2.05) is 24.3 Å². The minimum atomic E-state index is -0.408. The SMILES string of the molecule is O=C1CN(Cc2ccc(Br)cc2)C(=O)N1c1ccc(F)cc1. The van der Waals surface area contributed by atoms with Crippen LogP contribution in [0.5, 0.6) is 0 Å². The summed E-state index contributed by atoms with van der Waals surface area (Å²) in [5.74, 6) is -0.719. The summed E-state index contributed by atoms with van der Waals surface area (Å²) in [7, 11) is 0. The zero-order valence-electron chi connectivity index (χ0n) is 11.5. The van der Waals surface area contributed by atoms with Gasteiger partial charge in [-0.3, -0.25) is 4.79 Å². The maximum absolute atomic E-state index is 13.0. The molecule has 1 aliphatic rings. The van der Waals surface area contributed by atoms with Crippen molar-refractivity contribution in [3.8, 4) is 0 Å². The molecule has 0 N–H and O–H groups in total. The third-order valence-electron chi connectivity index (χ3n) is 3.41. The van der Waals surface area contributed by atoms with Crippen molar-refractivity contribution in [3.63, 3.8) is 0 Å². The lowest BCUT2D eigenvalue weighted by Gasteiger charge is -2.17. The molecule has 0 radical (unpaired) electrons. The molecule has 0 saturated carbocycles. The Morgan fingerprint density at radius 1 is 1.00 bits per heavy atom. The van der Waals surface area contributed by atoms with E-state index in [-0.39, 0.29) is 18.5 Å². The highest BCUT2D eigenvalue weighted by Gasteiger charge is 2.36. The van der Waals surface area contributed by atoms with E-state index in [0.717, 1.165) is 14.9 Å². The molecule has 0 bridgehead atoms. The number of urea groups is 1. The standard InChI is InChI=1S/C16H12BrFN2O2/c17-12-3-1-11(2-4-12)9-19-10-15(21)20(16(19)22)14-7-5-13(18)6-8-14/h1-8H,9-10H2. The second kappa shape index (κ2) is 5.88. The van der Waals surface area contributed by atoms with Crippen LogP contribution < -0.4 is 4.90 Å². The van der Waals surface area contributed by atoms with Gasteiger partial charge in [-0.05, 0) is 42.0 Å². The van der Waals surface area contributed by atoms with Gasteiger partial charge in [-0.15, -0.1) is 0 Å². The van der Waals surface area contributed by atoms with Crippen molar-refractivity contribution in [3.05, 3.63) is 64.4 Å². The summed E-state index contributed by atoms with van der Waals surface area (Å²) >= 11 is 3.35. The number of imide groups is 1. The lowest BCUT2D eigenvalue weighted by molar-refractivity contribution is -0.116. The van der Waals surface area contributed by atoms with Gasteiger partial charge >= 0.3 is 6.03 Å². The van der Waals surface area contributed by atoms with Gasteiger partial charge in [0.1, 0.15) is 12.4 Å². The van der Waals surface area contributed by atoms with E-state index in [2.05, 4.69) is 15.9 Å². The molecule has 112 valence electrons. The van der Waals surface area contributed by atoms with Crippen LogP contribution in [-0.4, -0.2) is 23.4 Å². The zero-order chi connectivity index (χ0) is 15.7. The van der Waals surface area contributed by atoms with Crippen LogP contribution in [0, 0.1) is 5.82 Å². The molecule has 22 heavy (non-hydrogen) atoms. The highest BCUT2D eigenvalue weighted by atomic mass is 79.9.